The number of guanidine groups is 1. The van der Waals surface area contributed by atoms with E-state index in [1.165, 1.54) is 0 Å². The number of amides is 1. The summed E-state index contributed by atoms with van der Waals surface area (Å²) in [7, 11) is 0. The van der Waals surface area contributed by atoms with Gasteiger partial charge in [0.15, 0.2) is 0 Å². The SMILES string of the molecule is NC1=NCC(=O)NN1. The number of hydrogen-bond donors (Lipinski definition) is 3. The molecule has 44 valence electrons. The summed E-state index contributed by atoms with van der Waals surface area (Å²) < 4.78 is 0. The smallest absolute Gasteiger partial charge is 0.260 e. The molecule has 0 aromatic carbocycles. The van der Waals surface area contributed by atoms with Crippen LogP contribution in [-0.2, 0) is 4.79 Å². The van der Waals surface area contributed by atoms with Gasteiger partial charge in [0.1, 0.15) is 6.54 Å². The van der Waals surface area contributed by atoms with Gasteiger partial charge in [-0.05, 0) is 0 Å². The third-order valence-electron chi connectivity index (χ3n) is 0.723. The summed E-state index contributed by atoms with van der Waals surface area (Å²) in [5.74, 6) is 0.0869. The number of hydrazine groups is 1. The zero-order valence-electron chi connectivity index (χ0n) is 4.14. The Morgan fingerprint density at radius 1 is 1.62 bits per heavy atom. The Bertz CT molecular complexity index is 140. The second-order valence-electron chi connectivity index (χ2n) is 1.37. The third-order valence-corrected chi connectivity index (χ3v) is 0.723. The van der Waals surface area contributed by atoms with Crippen molar-refractivity contribution in [2.45, 2.75) is 0 Å². The standard InChI is InChI=1S/C3H6N4O/c4-3-5-1-2(8)6-7-3/h1H2,(H,6,8)(H3,4,5,7). The molecular weight excluding hydrogens is 108 g/mol. The number of aliphatic imine (C=N–C) groups is 1. The number of nitrogens with two attached hydrogens (primary N) is 1. The average Bonchev–Trinajstić information content (AvgIpc) is 1.77. The van der Waals surface area contributed by atoms with Crippen molar-refractivity contribution in [3.8, 4) is 0 Å². The van der Waals surface area contributed by atoms with Crippen molar-refractivity contribution in [1.82, 2.24) is 10.9 Å². The fourth-order valence-electron chi connectivity index (χ4n) is 0.370. The largest absolute Gasteiger partial charge is 0.369 e. The van der Waals surface area contributed by atoms with E-state index < -0.39 is 0 Å². The molecule has 0 saturated heterocycles. The molecule has 1 amide bonds. The predicted octanol–water partition coefficient (Wildman–Crippen LogP) is -2.06. The molecule has 0 fully saturated rings. The highest BCUT2D eigenvalue weighted by Crippen LogP contribution is 1.73. The molecule has 1 rings (SSSR count). The molecular formula is C3H6N4O. The molecule has 0 bridgehead atoms. The van der Waals surface area contributed by atoms with E-state index in [9.17, 15) is 4.79 Å². The van der Waals surface area contributed by atoms with Gasteiger partial charge < -0.3 is 5.73 Å². The number of nitrogens with one attached hydrogen (secondary N) is 2. The van der Waals surface area contributed by atoms with Crippen LogP contribution in [0.1, 0.15) is 0 Å². The molecule has 1 heterocycles. The maximum Gasteiger partial charge on any atom is 0.260 e. The van der Waals surface area contributed by atoms with E-state index in [1.807, 2.05) is 0 Å². The van der Waals surface area contributed by atoms with Gasteiger partial charge >= 0.3 is 0 Å². The summed E-state index contributed by atoms with van der Waals surface area (Å²) in [5, 5.41) is 0. The van der Waals surface area contributed by atoms with Gasteiger partial charge in [-0.15, -0.1) is 0 Å². The van der Waals surface area contributed by atoms with E-state index in [0.29, 0.717) is 0 Å². The van der Waals surface area contributed by atoms with Crippen LogP contribution >= 0.6 is 0 Å². The van der Waals surface area contributed by atoms with E-state index in [-0.39, 0.29) is 18.4 Å². The van der Waals surface area contributed by atoms with Gasteiger partial charge in [0.25, 0.3) is 5.91 Å². The Hall–Kier alpha value is -1.26. The zero-order chi connectivity index (χ0) is 5.98. The highest BCUT2D eigenvalue weighted by Gasteiger charge is 2.04. The molecule has 0 atom stereocenters. The van der Waals surface area contributed by atoms with Crippen molar-refractivity contribution in [3.05, 3.63) is 0 Å². The summed E-state index contributed by atoms with van der Waals surface area (Å²) >= 11 is 0. The number of nitrogens with zero attached hydrogens (tertiary/aromatic N) is 1. The molecule has 0 aliphatic carbocycles. The van der Waals surface area contributed by atoms with E-state index in [0.717, 1.165) is 0 Å². The second kappa shape index (κ2) is 1.69. The van der Waals surface area contributed by atoms with E-state index in [2.05, 4.69) is 15.8 Å². The molecule has 0 saturated carbocycles. The van der Waals surface area contributed by atoms with Gasteiger partial charge in [-0.3, -0.25) is 15.6 Å². The molecule has 1 aliphatic heterocycles. The lowest BCUT2D eigenvalue weighted by Gasteiger charge is -2.10. The van der Waals surface area contributed by atoms with Crippen LogP contribution in [0.2, 0.25) is 0 Å². The number of rotatable bonds is 0. The van der Waals surface area contributed by atoms with Gasteiger partial charge in [0.05, 0.1) is 0 Å². The van der Waals surface area contributed by atoms with Crippen LogP contribution in [0.25, 0.3) is 0 Å². The Balaban J connectivity index is 2.55. The number of carbonyl (C=O) groups is 1. The van der Waals surface area contributed by atoms with Crippen molar-refractivity contribution < 1.29 is 4.79 Å². The fraction of sp³-hybridized carbons (Fsp3) is 0.333. The Kier molecular flexibility index (Phi) is 1.03. The van der Waals surface area contributed by atoms with Crippen LogP contribution in [0.4, 0.5) is 0 Å². The van der Waals surface area contributed by atoms with Gasteiger partial charge in [0, 0.05) is 0 Å². The molecule has 0 aromatic rings. The molecule has 5 heteroatoms. The molecule has 0 aromatic heterocycles. The fourth-order valence-corrected chi connectivity index (χ4v) is 0.370. The molecule has 0 unspecified atom stereocenters. The van der Waals surface area contributed by atoms with Gasteiger partial charge in [-0.1, -0.05) is 0 Å². The monoisotopic (exact) mass is 114 g/mol. The molecule has 4 N–H and O–H groups in total. The normalized spacial score (nSPS) is 18.5. The van der Waals surface area contributed by atoms with Gasteiger partial charge in [0.2, 0.25) is 5.96 Å². The topological polar surface area (TPSA) is 79.5 Å². The highest BCUT2D eigenvalue weighted by molar-refractivity contribution is 5.89. The quantitative estimate of drug-likeness (QED) is 0.338. The summed E-state index contributed by atoms with van der Waals surface area (Å²) in [6.45, 7) is 0.124. The van der Waals surface area contributed by atoms with E-state index in [4.69, 9.17) is 5.73 Å². The van der Waals surface area contributed by atoms with Crippen LogP contribution < -0.4 is 16.6 Å². The lowest BCUT2D eigenvalue weighted by atomic mass is 10.6. The first kappa shape index (κ1) is 4.89. The highest BCUT2D eigenvalue weighted by atomic mass is 16.2. The minimum Gasteiger partial charge on any atom is -0.369 e. The molecule has 1 aliphatic rings. The van der Waals surface area contributed by atoms with Gasteiger partial charge in [-0.25, -0.2) is 4.99 Å². The Labute approximate surface area is 45.9 Å². The summed E-state index contributed by atoms with van der Waals surface area (Å²) in [6, 6.07) is 0. The third kappa shape index (κ3) is 0.868. The summed E-state index contributed by atoms with van der Waals surface area (Å²) in [4.78, 5) is 13.9. The van der Waals surface area contributed by atoms with E-state index >= 15 is 0 Å². The number of carbonyl (C=O) groups excluding carboxylic acids is 1. The Morgan fingerprint density at radius 2 is 2.38 bits per heavy atom. The first-order valence-corrected chi connectivity index (χ1v) is 2.14. The van der Waals surface area contributed by atoms with Crippen molar-refractivity contribution >= 4 is 11.9 Å². The minimum atomic E-state index is -0.167. The van der Waals surface area contributed by atoms with Crippen LogP contribution in [-0.4, -0.2) is 18.4 Å². The summed E-state index contributed by atoms with van der Waals surface area (Å²) in [6.07, 6.45) is 0. The van der Waals surface area contributed by atoms with Crippen LogP contribution in [0.3, 0.4) is 0 Å². The maximum absolute atomic E-state index is 10.3. The zero-order valence-corrected chi connectivity index (χ0v) is 4.14. The first-order chi connectivity index (χ1) is 3.79. The maximum atomic E-state index is 10.3. The van der Waals surface area contributed by atoms with Crippen molar-refractivity contribution in [1.29, 1.82) is 0 Å². The lowest BCUT2D eigenvalue weighted by Crippen LogP contribution is -2.50. The predicted molar refractivity (Wildman–Crippen MR) is 27.8 cm³/mol. The van der Waals surface area contributed by atoms with Crippen molar-refractivity contribution in [2.24, 2.45) is 10.7 Å². The van der Waals surface area contributed by atoms with Crippen molar-refractivity contribution in [3.63, 3.8) is 0 Å². The van der Waals surface area contributed by atoms with Gasteiger partial charge in [-0.2, -0.15) is 0 Å². The molecule has 8 heavy (non-hydrogen) atoms. The minimum absolute atomic E-state index is 0.124. The summed E-state index contributed by atoms with van der Waals surface area (Å²) in [5.41, 5.74) is 9.77. The van der Waals surface area contributed by atoms with E-state index in [1.54, 1.807) is 0 Å². The number of hydrogen-bond acceptors (Lipinski definition) is 4. The van der Waals surface area contributed by atoms with Crippen LogP contribution in [0, 0.1) is 0 Å². The molecule has 0 radical (unpaired) electrons. The second-order valence-corrected chi connectivity index (χ2v) is 1.37. The molecule has 5 nitrogen and oxygen atoms in total. The van der Waals surface area contributed by atoms with Crippen molar-refractivity contribution in [2.75, 3.05) is 6.54 Å². The Morgan fingerprint density at radius 3 is 2.75 bits per heavy atom. The van der Waals surface area contributed by atoms with Crippen LogP contribution in [0.15, 0.2) is 4.99 Å². The van der Waals surface area contributed by atoms with Crippen LogP contribution in [0.5, 0.6) is 0 Å². The molecule has 0 spiro atoms. The average molecular weight is 114 g/mol. The first-order valence-electron chi connectivity index (χ1n) is 2.14. The lowest BCUT2D eigenvalue weighted by molar-refractivity contribution is -0.120.